The van der Waals surface area contributed by atoms with Crippen LogP contribution in [0, 0.1) is 0 Å². The Morgan fingerprint density at radius 1 is 1.00 bits per heavy atom. The van der Waals surface area contributed by atoms with Crippen LogP contribution in [0.5, 0.6) is 0 Å². The molecule has 0 saturated heterocycles. The van der Waals surface area contributed by atoms with Gasteiger partial charge in [0.2, 0.25) is 10.0 Å². The molecule has 0 amide bonds. The molecule has 2 aromatic rings. The van der Waals surface area contributed by atoms with E-state index in [1.807, 2.05) is 0 Å². The number of benzene rings is 2. The van der Waals surface area contributed by atoms with Gasteiger partial charge < -0.3 is 0 Å². The van der Waals surface area contributed by atoms with Crippen molar-refractivity contribution in [2.75, 3.05) is 7.05 Å². The summed E-state index contributed by atoms with van der Waals surface area (Å²) in [5.41, 5.74) is 0.372. The van der Waals surface area contributed by atoms with Crippen molar-refractivity contribution < 1.29 is 18.0 Å². The molecule has 0 fully saturated rings. The van der Waals surface area contributed by atoms with Gasteiger partial charge in [-0.15, -0.1) is 0 Å². The van der Waals surface area contributed by atoms with Crippen molar-refractivity contribution in [3.8, 4) is 0 Å². The SMILES string of the molecule is CN1C(C(=O)c2ccccc2)C(=O)c2ccccc2S1(=O)=O. The Balaban J connectivity index is 2.15. The van der Waals surface area contributed by atoms with E-state index in [-0.39, 0.29) is 10.5 Å². The highest BCUT2D eigenvalue weighted by Gasteiger charge is 2.45. The first-order valence-corrected chi connectivity index (χ1v) is 8.09. The van der Waals surface area contributed by atoms with Gasteiger partial charge in [0.25, 0.3) is 0 Å². The van der Waals surface area contributed by atoms with Gasteiger partial charge in [-0.3, -0.25) is 9.59 Å². The molecule has 1 heterocycles. The highest BCUT2D eigenvalue weighted by atomic mass is 32.2. The Morgan fingerprint density at radius 2 is 1.59 bits per heavy atom. The first-order valence-electron chi connectivity index (χ1n) is 6.65. The Bertz CT molecular complexity index is 859. The van der Waals surface area contributed by atoms with Gasteiger partial charge >= 0.3 is 0 Å². The van der Waals surface area contributed by atoms with Gasteiger partial charge in [-0.2, -0.15) is 4.31 Å². The predicted octanol–water partition coefficient (Wildman–Crippen LogP) is 1.75. The predicted molar refractivity (Wildman–Crippen MR) is 80.3 cm³/mol. The smallest absolute Gasteiger partial charge is 0.244 e. The maximum atomic E-state index is 12.6. The fraction of sp³-hybridized carbons (Fsp3) is 0.125. The number of carbonyl (C=O) groups excluding carboxylic acids is 2. The van der Waals surface area contributed by atoms with Gasteiger partial charge in [0.05, 0.1) is 4.90 Å². The molecule has 0 saturated carbocycles. The standard InChI is InChI=1S/C16H13NO4S/c1-17-14(15(18)11-7-3-2-4-8-11)16(19)12-9-5-6-10-13(12)22(17,20)21/h2-10,14H,1H3. The van der Waals surface area contributed by atoms with Crippen LogP contribution in [-0.2, 0) is 10.0 Å². The van der Waals surface area contributed by atoms with E-state index in [9.17, 15) is 18.0 Å². The van der Waals surface area contributed by atoms with Crippen molar-refractivity contribution >= 4 is 21.6 Å². The molecule has 1 unspecified atom stereocenters. The molecular formula is C16H13NO4S. The normalized spacial score (nSPS) is 20.4. The quantitative estimate of drug-likeness (QED) is 0.625. The molecule has 0 spiro atoms. The van der Waals surface area contributed by atoms with Gasteiger partial charge in [-0.25, -0.2) is 8.42 Å². The zero-order valence-electron chi connectivity index (χ0n) is 11.8. The van der Waals surface area contributed by atoms with Gasteiger partial charge in [-0.05, 0) is 12.1 Å². The third-order valence-corrected chi connectivity index (χ3v) is 5.61. The minimum atomic E-state index is -3.86. The van der Waals surface area contributed by atoms with Crippen LogP contribution in [0.15, 0.2) is 59.5 Å². The average Bonchev–Trinajstić information content (AvgIpc) is 2.54. The van der Waals surface area contributed by atoms with Crippen molar-refractivity contribution in [3.63, 3.8) is 0 Å². The van der Waals surface area contributed by atoms with E-state index >= 15 is 0 Å². The maximum absolute atomic E-state index is 12.6. The van der Waals surface area contributed by atoms with Crippen LogP contribution in [0.1, 0.15) is 20.7 Å². The van der Waals surface area contributed by atoms with Crippen molar-refractivity contribution in [1.82, 2.24) is 4.31 Å². The van der Waals surface area contributed by atoms with E-state index in [0.717, 1.165) is 4.31 Å². The zero-order chi connectivity index (χ0) is 15.9. The second-order valence-corrected chi connectivity index (χ2v) is 6.98. The fourth-order valence-corrected chi connectivity index (χ4v) is 4.02. The van der Waals surface area contributed by atoms with Gasteiger partial charge in [0.15, 0.2) is 17.6 Å². The largest absolute Gasteiger partial charge is 0.292 e. The minimum Gasteiger partial charge on any atom is -0.292 e. The summed E-state index contributed by atoms with van der Waals surface area (Å²) in [5.74, 6) is -1.02. The van der Waals surface area contributed by atoms with Crippen LogP contribution in [0.3, 0.4) is 0 Å². The van der Waals surface area contributed by atoms with E-state index in [0.29, 0.717) is 5.56 Å². The number of fused-ring (bicyclic) bond motifs is 1. The highest BCUT2D eigenvalue weighted by molar-refractivity contribution is 7.89. The number of ketones is 2. The van der Waals surface area contributed by atoms with E-state index < -0.39 is 27.6 Å². The van der Waals surface area contributed by atoms with Gasteiger partial charge in [0, 0.05) is 18.2 Å². The monoisotopic (exact) mass is 315 g/mol. The number of likely N-dealkylation sites (N-methyl/N-ethyl adjacent to an activating group) is 1. The topological polar surface area (TPSA) is 71.5 Å². The molecule has 3 rings (SSSR count). The molecule has 2 aromatic carbocycles. The average molecular weight is 315 g/mol. The Morgan fingerprint density at radius 3 is 2.27 bits per heavy atom. The molecule has 0 bridgehead atoms. The lowest BCUT2D eigenvalue weighted by molar-refractivity contribution is 0.0784. The molecule has 5 nitrogen and oxygen atoms in total. The third-order valence-electron chi connectivity index (χ3n) is 3.73. The van der Waals surface area contributed by atoms with E-state index in [1.54, 1.807) is 42.5 Å². The van der Waals surface area contributed by atoms with Crippen LogP contribution in [0.2, 0.25) is 0 Å². The van der Waals surface area contributed by atoms with Crippen LogP contribution in [0.4, 0.5) is 0 Å². The summed E-state index contributed by atoms with van der Waals surface area (Å²) < 4.78 is 25.9. The lowest BCUT2D eigenvalue weighted by atomic mass is 9.96. The molecule has 0 radical (unpaired) electrons. The summed E-state index contributed by atoms with van der Waals surface area (Å²) in [6.07, 6.45) is 0. The molecule has 112 valence electrons. The number of Topliss-reactive ketones (excluding diaryl/α,β-unsaturated/α-hetero) is 2. The summed E-state index contributed by atoms with van der Waals surface area (Å²) in [6.45, 7) is 0. The summed E-state index contributed by atoms with van der Waals surface area (Å²) in [7, 11) is -2.61. The number of hydrogen-bond acceptors (Lipinski definition) is 4. The summed E-state index contributed by atoms with van der Waals surface area (Å²) >= 11 is 0. The van der Waals surface area contributed by atoms with Gasteiger partial charge in [0.1, 0.15) is 0 Å². The van der Waals surface area contributed by atoms with Crippen LogP contribution in [-0.4, -0.2) is 37.4 Å². The number of sulfonamides is 1. The van der Waals surface area contributed by atoms with E-state index in [2.05, 4.69) is 0 Å². The molecule has 0 N–H and O–H groups in total. The lowest BCUT2D eigenvalue weighted by Gasteiger charge is -2.30. The molecule has 6 heteroatoms. The molecule has 1 aliphatic heterocycles. The first kappa shape index (κ1) is 14.6. The summed E-state index contributed by atoms with van der Waals surface area (Å²) in [5, 5.41) is 0. The van der Waals surface area contributed by atoms with Crippen LogP contribution >= 0.6 is 0 Å². The fourth-order valence-electron chi connectivity index (χ4n) is 2.55. The van der Waals surface area contributed by atoms with Crippen molar-refractivity contribution in [2.24, 2.45) is 0 Å². The maximum Gasteiger partial charge on any atom is 0.244 e. The molecule has 22 heavy (non-hydrogen) atoms. The number of rotatable bonds is 2. The zero-order valence-corrected chi connectivity index (χ0v) is 12.6. The Labute approximate surface area is 128 Å². The third kappa shape index (κ3) is 2.08. The molecular weight excluding hydrogens is 302 g/mol. The Hall–Kier alpha value is -2.31. The van der Waals surface area contributed by atoms with Crippen LogP contribution in [0.25, 0.3) is 0 Å². The summed E-state index contributed by atoms with van der Waals surface area (Å²) in [4.78, 5) is 25.1. The number of carbonyl (C=O) groups is 2. The Kier molecular flexibility index (Phi) is 3.42. The number of hydrogen-bond donors (Lipinski definition) is 0. The van der Waals surface area contributed by atoms with E-state index in [4.69, 9.17) is 0 Å². The molecule has 1 atom stereocenters. The lowest BCUT2D eigenvalue weighted by Crippen LogP contribution is -2.51. The second kappa shape index (κ2) is 5.15. The molecule has 0 aromatic heterocycles. The molecule has 1 aliphatic rings. The van der Waals surface area contributed by atoms with Crippen LogP contribution < -0.4 is 0 Å². The van der Waals surface area contributed by atoms with Crippen molar-refractivity contribution in [2.45, 2.75) is 10.9 Å². The first-order chi connectivity index (χ1) is 10.4. The summed E-state index contributed by atoms with van der Waals surface area (Å²) in [6, 6.07) is 12.8. The second-order valence-electron chi connectivity index (χ2n) is 5.01. The highest BCUT2D eigenvalue weighted by Crippen LogP contribution is 2.30. The minimum absolute atomic E-state index is 0.0559. The van der Waals surface area contributed by atoms with E-state index in [1.165, 1.54) is 19.2 Å². The van der Waals surface area contributed by atoms with Crippen molar-refractivity contribution in [1.29, 1.82) is 0 Å². The number of nitrogens with zero attached hydrogens (tertiary/aromatic N) is 1. The molecule has 0 aliphatic carbocycles. The van der Waals surface area contributed by atoms with Gasteiger partial charge in [-0.1, -0.05) is 42.5 Å². The van der Waals surface area contributed by atoms with Crippen molar-refractivity contribution in [3.05, 3.63) is 65.7 Å².